The SMILES string of the molecule is CC1CCc2c(sc3ncn(CC(=O)N4CCN(c5ccccn5)CC4)c(=O)c23)C1. The molecule has 0 bridgehead atoms. The van der Waals surface area contributed by atoms with Crippen molar-refractivity contribution < 1.29 is 4.79 Å². The van der Waals surface area contributed by atoms with E-state index in [2.05, 4.69) is 21.8 Å². The summed E-state index contributed by atoms with van der Waals surface area (Å²) in [6, 6.07) is 5.86. The Morgan fingerprint density at radius 3 is 2.80 bits per heavy atom. The van der Waals surface area contributed by atoms with Crippen molar-refractivity contribution in [3.05, 3.63) is 51.5 Å². The Hall–Kier alpha value is -2.74. The van der Waals surface area contributed by atoms with E-state index in [0.29, 0.717) is 19.0 Å². The number of thiophene rings is 1. The van der Waals surface area contributed by atoms with Gasteiger partial charge in [0.2, 0.25) is 5.91 Å². The van der Waals surface area contributed by atoms with Crippen molar-refractivity contribution in [3.63, 3.8) is 0 Å². The monoisotopic (exact) mass is 423 g/mol. The maximum absolute atomic E-state index is 13.1. The van der Waals surface area contributed by atoms with Crippen molar-refractivity contribution in [2.24, 2.45) is 5.92 Å². The van der Waals surface area contributed by atoms with Crippen molar-refractivity contribution in [1.29, 1.82) is 0 Å². The van der Waals surface area contributed by atoms with E-state index in [4.69, 9.17) is 0 Å². The molecule has 8 heteroatoms. The molecule has 1 aliphatic carbocycles. The fourth-order valence-corrected chi connectivity index (χ4v) is 5.79. The smallest absolute Gasteiger partial charge is 0.262 e. The van der Waals surface area contributed by atoms with Crippen LogP contribution < -0.4 is 10.5 Å². The molecule has 1 aliphatic heterocycles. The summed E-state index contributed by atoms with van der Waals surface area (Å²) >= 11 is 1.64. The normalized spacial score (nSPS) is 19.2. The fraction of sp³-hybridized carbons (Fsp3) is 0.455. The predicted octanol–water partition coefficient (Wildman–Crippen LogP) is 2.33. The van der Waals surface area contributed by atoms with Crippen molar-refractivity contribution in [1.82, 2.24) is 19.4 Å². The highest BCUT2D eigenvalue weighted by Gasteiger charge is 2.25. The van der Waals surface area contributed by atoms with Gasteiger partial charge in [0, 0.05) is 37.3 Å². The fourth-order valence-electron chi connectivity index (χ4n) is 4.45. The molecule has 1 unspecified atom stereocenters. The first-order chi connectivity index (χ1) is 14.6. The van der Waals surface area contributed by atoms with Crippen molar-refractivity contribution in [2.45, 2.75) is 32.7 Å². The summed E-state index contributed by atoms with van der Waals surface area (Å²) in [5.74, 6) is 1.56. The van der Waals surface area contributed by atoms with Crippen molar-refractivity contribution >= 4 is 33.3 Å². The highest BCUT2D eigenvalue weighted by atomic mass is 32.1. The van der Waals surface area contributed by atoms with Crippen LogP contribution in [0.25, 0.3) is 10.2 Å². The number of aryl methyl sites for hydroxylation is 1. The lowest BCUT2D eigenvalue weighted by molar-refractivity contribution is -0.132. The molecule has 1 amide bonds. The maximum atomic E-state index is 13.1. The Bertz CT molecular complexity index is 1130. The van der Waals surface area contributed by atoms with Gasteiger partial charge < -0.3 is 9.80 Å². The molecule has 0 saturated carbocycles. The molecule has 0 aromatic carbocycles. The number of nitrogens with zero attached hydrogens (tertiary/aromatic N) is 5. The summed E-state index contributed by atoms with van der Waals surface area (Å²) in [5.41, 5.74) is 1.09. The molecule has 4 heterocycles. The average molecular weight is 424 g/mol. The molecule has 1 fully saturated rings. The Morgan fingerprint density at radius 1 is 1.20 bits per heavy atom. The van der Waals surface area contributed by atoms with Gasteiger partial charge in [-0.2, -0.15) is 0 Å². The molecule has 5 rings (SSSR count). The minimum Gasteiger partial charge on any atom is -0.353 e. The predicted molar refractivity (Wildman–Crippen MR) is 118 cm³/mol. The summed E-state index contributed by atoms with van der Waals surface area (Å²) in [6.45, 7) is 5.05. The molecule has 156 valence electrons. The molecule has 3 aromatic heterocycles. The third-order valence-electron chi connectivity index (χ3n) is 6.19. The minimum absolute atomic E-state index is 0.0309. The number of aromatic nitrogens is 3. The molecular formula is C22H25N5O2S. The van der Waals surface area contributed by atoms with E-state index in [0.717, 1.165) is 53.9 Å². The second-order valence-corrected chi connectivity index (χ2v) is 9.35. The molecular weight excluding hydrogens is 398 g/mol. The third-order valence-corrected chi connectivity index (χ3v) is 7.36. The number of pyridine rings is 1. The highest BCUT2D eigenvalue weighted by molar-refractivity contribution is 7.18. The van der Waals surface area contributed by atoms with Gasteiger partial charge in [-0.1, -0.05) is 13.0 Å². The van der Waals surface area contributed by atoms with Crippen molar-refractivity contribution in [2.75, 3.05) is 31.1 Å². The summed E-state index contributed by atoms with van der Waals surface area (Å²) in [7, 11) is 0. The number of anilines is 1. The number of amides is 1. The number of fused-ring (bicyclic) bond motifs is 3. The Morgan fingerprint density at radius 2 is 2.03 bits per heavy atom. The highest BCUT2D eigenvalue weighted by Crippen LogP contribution is 2.35. The van der Waals surface area contributed by atoms with Crippen LogP contribution in [0.4, 0.5) is 5.82 Å². The first-order valence-corrected chi connectivity index (χ1v) is 11.3. The molecule has 1 atom stereocenters. The minimum atomic E-state index is -0.0764. The van der Waals surface area contributed by atoms with E-state index in [1.165, 1.54) is 15.8 Å². The van der Waals surface area contributed by atoms with Crippen LogP contribution in [0.5, 0.6) is 0 Å². The van der Waals surface area contributed by atoms with Crippen LogP contribution in [0.1, 0.15) is 23.8 Å². The number of hydrogen-bond acceptors (Lipinski definition) is 6. The van der Waals surface area contributed by atoms with E-state index >= 15 is 0 Å². The van der Waals surface area contributed by atoms with Gasteiger partial charge in [-0.15, -0.1) is 11.3 Å². The average Bonchev–Trinajstić information content (AvgIpc) is 3.14. The Labute approximate surface area is 179 Å². The first kappa shape index (κ1) is 19.2. The van der Waals surface area contributed by atoms with Gasteiger partial charge in [0.05, 0.1) is 11.7 Å². The van der Waals surface area contributed by atoms with Crippen LogP contribution in [0.2, 0.25) is 0 Å². The molecule has 2 aliphatic rings. The molecule has 7 nitrogen and oxygen atoms in total. The summed E-state index contributed by atoms with van der Waals surface area (Å²) in [6.07, 6.45) is 6.38. The lowest BCUT2D eigenvalue weighted by Gasteiger charge is -2.35. The first-order valence-electron chi connectivity index (χ1n) is 10.5. The zero-order chi connectivity index (χ0) is 20.7. The zero-order valence-corrected chi connectivity index (χ0v) is 17.9. The van der Waals surface area contributed by atoms with Crippen molar-refractivity contribution in [3.8, 4) is 0 Å². The second kappa shape index (κ2) is 7.83. The second-order valence-electron chi connectivity index (χ2n) is 8.27. The third kappa shape index (κ3) is 3.49. The van der Waals surface area contributed by atoms with E-state index < -0.39 is 0 Å². The maximum Gasteiger partial charge on any atom is 0.262 e. The summed E-state index contributed by atoms with van der Waals surface area (Å²) in [5, 5.41) is 0.733. The van der Waals surface area contributed by atoms with Gasteiger partial charge in [-0.05, 0) is 42.9 Å². The van der Waals surface area contributed by atoms with Crippen LogP contribution in [-0.4, -0.2) is 51.5 Å². The number of carbonyl (C=O) groups excluding carboxylic acids is 1. The molecule has 1 saturated heterocycles. The number of hydrogen-bond donors (Lipinski definition) is 0. The van der Waals surface area contributed by atoms with Gasteiger partial charge in [-0.3, -0.25) is 14.2 Å². The van der Waals surface area contributed by atoms with E-state index in [1.54, 1.807) is 17.5 Å². The molecule has 0 spiro atoms. The quantitative estimate of drug-likeness (QED) is 0.647. The molecule has 0 radical (unpaired) electrons. The Kier molecular flexibility index (Phi) is 5.02. The topological polar surface area (TPSA) is 71.3 Å². The summed E-state index contributed by atoms with van der Waals surface area (Å²) < 4.78 is 1.49. The molecule has 30 heavy (non-hydrogen) atoms. The van der Waals surface area contributed by atoms with E-state index in [1.807, 2.05) is 23.1 Å². The lowest BCUT2D eigenvalue weighted by atomic mass is 9.89. The van der Waals surface area contributed by atoms with Gasteiger partial charge in [0.15, 0.2) is 0 Å². The van der Waals surface area contributed by atoms with Crippen LogP contribution in [0.15, 0.2) is 35.5 Å². The summed E-state index contributed by atoms with van der Waals surface area (Å²) in [4.78, 5) is 41.0. The zero-order valence-electron chi connectivity index (χ0n) is 17.1. The number of piperazine rings is 1. The number of carbonyl (C=O) groups is 1. The van der Waals surface area contributed by atoms with Crippen LogP contribution in [0.3, 0.4) is 0 Å². The van der Waals surface area contributed by atoms with Gasteiger partial charge >= 0.3 is 0 Å². The Balaban J connectivity index is 1.31. The van der Waals surface area contributed by atoms with Crippen LogP contribution >= 0.6 is 11.3 Å². The molecule has 0 N–H and O–H groups in total. The standard InChI is InChI=1S/C22H25N5O2S/c1-15-5-6-16-17(12-15)30-21-20(16)22(29)27(14-24-21)13-19(28)26-10-8-25(9-11-26)18-4-2-3-7-23-18/h2-4,7,14-15H,5-6,8-13H2,1H3. The van der Waals surface area contributed by atoms with Crippen LogP contribution in [-0.2, 0) is 24.2 Å². The lowest BCUT2D eigenvalue weighted by Crippen LogP contribution is -2.50. The number of rotatable bonds is 3. The molecule has 3 aromatic rings. The van der Waals surface area contributed by atoms with Gasteiger partial charge in [0.25, 0.3) is 5.56 Å². The van der Waals surface area contributed by atoms with Crippen LogP contribution in [0, 0.1) is 5.92 Å². The van der Waals surface area contributed by atoms with E-state index in [-0.39, 0.29) is 18.0 Å². The van der Waals surface area contributed by atoms with Gasteiger partial charge in [-0.25, -0.2) is 9.97 Å². The largest absolute Gasteiger partial charge is 0.353 e. The van der Waals surface area contributed by atoms with Gasteiger partial charge in [0.1, 0.15) is 17.2 Å². The van der Waals surface area contributed by atoms with E-state index in [9.17, 15) is 9.59 Å².